The Balaban J connectivity index is 1.79. The van der Waals surface area contributed by atoms with E-state index in [0.29, 0.717) is 5.69 Å². The lowest BCUT2D eigenvalue weighted by Gasteiger charge is -2.34. The molecule has 1 aromatic carbocycles. The van der Waals surface area contributed by atoms with Gasteiger partial charge in [0, 0.05) is 24.8 Å². The zero-order valence-electron chi connectivity index (χ0n) is 17.5. The molecule has 1 atom stereocenters. The SMILES string of the molecule is O=S(=O)(N1Cc2c(F)ccc(F)c2N(Cc2cnc[nH]2)C(COC2CCCC2)C1)C(F)(F)F. The molecule has 2 heterocycles. The Labute approximate surface area is 187 Å². The summed E-state index contributed by atoms with van der Waals surface area (Å²) in [6, 6.07) is 0.635. The maximum Gasteiger partial charge on any atom is 0.511 e. The molecule has 1 N–H and O–H groups in total. The smallest absolute Gasteiger partial charge is 0.376 e. The number of fused-ring (bicyclic) bond motifs is 1. The second-order valence-corrected chi connectivity index (χ2v) is 10.1. The molecule has 4 rings (SSSR count). The van der Waals surface area contributed by atoms with Crippen molar-refractivity contribution in [1.82, 2.24) is 14.3 Å². The molecule has 0 amide bonds. The Morgan fingerprint density at radius 2 is 1.85 bits per heavy atom. The molecule has 0 saturated heterocycles. The van der Waals surface area contributed by atoms with E-state index in [1.165, 1.54) is 17.4 Å². The van der Waals surface area contributed by atoms with Gasteiger partial charge in [-0.05, 0) is 25.0 Å². The average molecular weight is 494 g/mol. The summed E-state index contributed by atoms with van der Waals surface area (Å²) in [5.41, 5.74) is -5.86. The highest BCUT2D eigenvalue weighted by Gasteiger charge is 2.52. The number of halogens is 5. The minimum absolute atomic E-state index is 0.0635. The first-order chi connectivity index (χ1) is 15.6. The number of sulfonamides is 1. The van der Waals surface area contributed by atoms with E-state index < -0.39 is 51.9 Å². The number of aromatic nitrogens is 2. The minimum Gasteiger partial charge on any atom is -0.376 e. The number of imidazole rings is 1. The second-order valence-electron chi connectivity index (χ2n) is 8.20. The Hall–Kier alpha value is -2.25. The van der Waals surface area contributed by atoms with Crippen LogP contribution in [0.4, 0.5) is 27.6 Å². The van der Waals surface area contributed by atoms with Crippen LogP contribution in [0.1, 0.15) is 36.9 Å². The third-order valence-corrected chi connectivity index (χ3v) is 7.55. The molecule has 1 unspecified atom stereocenters. The van der Waals surface area contributed by atoms with Crippen molar-refractivity contribution in [1.29, 1.82) is 0 Å². The molecule has 1 saturated carbocycles. The van der Waals surface area contributed by atoms with Crippen molar-refractivity contribution in [2.45, 2.75) is 56.4 Å². The van der Waals surface area contributed by atoms with E-state index in [2.05, 4.69) is 9.97 Å². The van der Waals surface area contributed by atoms with Gasteiger partial charge in [-0.15, -0.1) is 0 Å². The summed E-state index contributed by atoms with van der Waals surface area (Å²) < 4.78 is 101. The van der Waals surface area contributed by atoms with Gasteiger partial charge < -0.3 is 14.6 Å². The van der Waals surface area contributed by atoms with E-state index >= 15 is 4.39 Å². The quantitative estimate of drug-likeness (QED) is 0.620. The zero-order valence-corrected chi connectivity index (χ0v) is 18.3. The molecule has 1 fully saturated rings. The van der Waals surface area contributed by atoms with E-state index in [1.54, 1.807) is 0 Å². The second kappa shape index (κ2) is 9.18. The zero-order chi connectivity index (χ0) is 23.8. The fourth-order valence-electron chi connectivity index (χ4n) is 4.34. The van der Waals surface area contributed by atoms with Crippen molar-refractivity contribution < 1.29 is 35.1 Å². The number of aromatic amines is 1. The van der Waals surface area contributed by atoms with Crippen molar-refractivity contribution >= 4 is 15.7 Å². The van der Waals surface area contributed by atoms with Gasteiger partial charge in [0.05, 0.1) is 43.0 Å². The first-order valence-corrected chi connectivity index (χ1v) is 11.9. The van der Waals surface area contributed by atoms with Crippen LogP contribution in [-0.2, 0) is 27.8 Å². The summed E-state index contributed by atoms with van der Waals surface area (Å²) in [4.78, 5) is 8.09. The van der Waals surface area contributed by atoms with Crippen molar-refractivity contribution in [2.24, 2.45) is 0 Å². The molecular formula is C20H23F5N4O3S. The fourth-order valence-corrected chi connectivity index (χ4v) is 5.30. The molecule has 1 aromatic heterocycles. The summed E-state index contributed by atoms with van der Waals surface area (Å²) in [5, 5.41) is 0. The van der Waals surface area contributed by atoms with Crippen LogP contribution in [0.15, 0.2) is 24.7 Å². The lowest BCUT2D eigenvalue weighted by atomic mass is 10.1. The third kappa shape index (κ3) is 4.85. The van der Waals surface area contributed by atoms with Crippen LogP contribution in [0.2, 0.25) is 0 Å². The highest BCUT2D eigenvalue weighted by molar-refractivity contribution is 7.89. The van der Waals surface area contributed by atoms with Gasteiger partial charge in [0.25, 0.3) is 0 Å². The number of ether oxygens (including phenoxy) is 1. The van der Waals surface area contributed by atoms with Crippen LogP contribution < -0.4 is 4.90 Å². The minimum atomic E-state index is -5.81. The van der Waals surface area contributed by atoms with Crippen LogP contribution in [0.5, 0.6) is 0 Å². The number of rotatable bonds is 6. The van der Waals surface area contributed by atoms with E-state index in [9.17, 15) is 26.0 Å². The molecule has 0 bridgehead atoms. The summed E-state index contributed by atoms with van der Waals surface area (Å²) in [6.45, 7) is -1.83. The highest BCUT2D eigenvalue weighted by Crippen LogP contribution is 2.37. The molecular weight excluding hydrogens is 471 g/mol. The van der Waals surface area contributed by atoms with Crippen molar-refractivity contribution in [3.8, 4) is 0 Å². The van der Waals surface area contributed by atoms with Gasteiger partial charge in [-0.2, -0.15) is 17.5 Å². The molecule has 0 spiro atoms. The van der Waals surface area contributed by atoms with Gasteiger partial charge in [0.1, 0.15) is 11.6 Å². The Bertz CT molecular complexity index is 1070. The molecule has 1 aliphatic carbocycles. The molecule has 0 radical (unpaired) electrons. The van der Waals surface area contributed by atoms with Gasteiger partial charge in [-0.25, -0.2) is 22.2 Å². The maximum absolute atomic E-state index is 15.0. The van der Waals surface area contributed by atoms with Crippen LogP contribution in [0, 0.1) is 11.6 Å². The number of anilines is 1. The molecule has 7 nitrogen and oxygen atoms in total. The van der Waals surface area contributed by atoms with Gasteiger partial charge >= 0.3 is 15.5 Å². The first-order valence-electron chi connectivity index (χ1n) is 10.5. The molecule has 1 aliphatic heterocycles. The Kier molecular flexibility index (Phi) is 6.65. The Morgan fingerprint density at radius 1 is 1.15 bits per heavy atom. The molecule has 182 valence electrons. The van der Waals surface area contributed by atoms with Crippen molar-refractivity contribution in [3.63, 3.8) is 0 Å². The molecule has 2 aliphatic rings. The van der Waals surface area contributed by atoms with Crippen LogP contribution in [0.25, 0.3) is 0 Å². The van der Waals surface area contributed by atoms with Crippen molar-refractivity contribution in [2.75, 3.05) is 18.1 Å². The fraction of sp³-hybridized carbons (Fsp3) is 0.550. The number of H-pyrrole nitrogens is 1. The Morgan fingerprint density at radius 3 is 2.48 bits per heavy atom. The van der Waals surface area contributed by atoms with Gasteiger partial charge in [-0.3, -0.25) is 0 Å². The number of hydrogen-bond acceptors (Lipinski definition) is 5. The highest BCUT2D eigenvalue weighted by atomic mass is 32.2. The molecule has 33 heavy (non-hydrogen) atoms. The van der Waals surface area contributed by atoms with Gasteiger partial charge in [0.15, 0.2) is 0 Å². The summed E-state index contributed by atoms with van der Waals surface area (Å²) in [6.07, 6.45) is 6.15. The molecule has 13 heteroatoms. The normalized spacial score (nSPS) is 20.8. The summed E-state index contributed by atoms with van der Waals surface area (Å²) in [7, 11) is -5.81. The largest absolute Gasteiger partial charge is 0.511 e. The topological polar surface area (TPSA) is 78.5 Å². The predicted octanol–water partition coefficient (Wildman–Crippen LogP) is 3.69. The number of nitrogens with zero attached hydrogens (tertiary/aromatic N) is 3. The van der Waals surface area contributed by atoms with E-state index in [4.69, 9.17) is 4.74 Å². The van der Waals surface area contributed by atoms with Crippen LogP contribution in [0.3, 0.4) is 0 Å². The van der Waals surface area contributed by atoms with E-state index in [-0.39, 0.29) is 29.2 Å². The first kappa shape index (κ1) is 23.9. The van der Waals surface area contributed by atoms with E-state index in [1.807, 2.05) is 0 Å². The number of alkyl halides is 3. The van der Waals surface area contributed by atoms with E-state index in [0.717, 1.165) is 37.8 Å². The number of hydrogen-bond donors (Lipinski definition) is 1. The lowest BCUT2D eigenvalue weighted by Crippen LogP contribution is -2.49. The third-order valence-electron chi connectivity index (χ3n) is 6.01. The summed E-state index contributed by atoms with van der Waals surface area (Å²) >= 11 is 0. The van der Waals surface area contributed by atoms with Crippen LogP contribution >= 0.6 is 0 Å². The average Bonchev–Trinajstić information content (AvgIpc) is 3.42. The maximum atomic E-state index is 15.0. The molecule has 2 aromatic rings. The van der Waals surface area contributed by atoms with Crippen LogP contribution in [-0.4, -0.2) is 53.5 Å². The van der Waals surface area contributed by atoms with Gasteiger partial charge in [0.2, 0.25) is 0 Å². The number of nitrogens with one attached hydrogen (secondary N) is 1. The summed E-state index contributed by atoms with van der Waals surface area (Å²) in [5.74, 6) is -1.87. The monoisotopic (exact) mass is 494 g/mol. The number of benzene rings is 1. The van der Waals surface area contributed by atoms with Gasteiger partial charge in [-0.1, -0.05) is 12.8 Å². The van der Waals surface area contributed by atoms with Crippen molar-refractivity contribution in [3.05, 3.63) is 47.5 Å². The predicted molar refractivity (Wildman–Crippen MR) is 109 cm³/mol. The standard InChI is InChI=1S/C20H23F5N4O3S/c21-17-5-6-18(22)19-16(17)10-28(33(30,31)20(23,24)25)9-14(11-32-15-3-1-2-4-15)29(19)8-13-7-26-12-27-13/h5-7,12,14-15H,1-4,8-11H2,(H,26,27). The lowest BCUT2D eigenvalue weighted by molar-refractivity contribution is -0.0496.